The van der Waals surface area contributed by atoms with Crippen LogP contribution in [0.1, 0.15) is 11.1 Å². The van der Waals surface area contributed by atoms with E-state index in [4.69, 9.17) is 9.47 Å². The van der Waals surface area contributed by atoms with Crippen LogP contribution in [0.15, 0.2) is 59.8 Å². The first-order chi connectivity index (χ1) is 16.8. The van der Waals surface area contributed by atoms with E-state index in [0.29, 0.717) is 33.5 Å². The van der Waals surface area contributed by atoms with Crippen LogP contribution in [0.4, 0.5) is 0 Å². The monoisotopic (exact) mass is 492 g/mol. The SMILES string of the molecule is COc1cc2c(nc1OC)c(-c1cc3c(CO)ccnc3n1S(=O)(=O)c1ccc(C)cc1)cn2C. The maximum atomic E-state index is 14.0. The summed E-state index contributed by atoms with van der Waals surface area (Å²) in [4.78, 5) is 9.16. The number of fused-ring (bicyclic) bond motifs is 2. The Kier molecular flexibility index (Phi) is 5.49. The number of hydrogen-bond acceptors (Lipinski definition) is 7. The Bertz CT molecular complexity index is 1690. The minimum absolute atomic E-state index is 0.130. The summed E-state index contributed by atoms with van der Waals surface area (Å²) in [5, 5.41) is 10.5. The lowest BCUT2D eigenvalue weighted by Crippen LogP contribution is -2.15. The Morgan fingerprint density at radius 1 is 1.06 bits per heavy atom. The van der Waals surface area contributed by atoms with Gasteiger partial charge in [-0.25, -0.2) is 22.4 Å². The molecule has 0 bridgehead atoms. The van der Waals surface area contributed by atoms with Gasteiger partial charge in [0.05, 0.1) is 36.9 Å². The van der Waals surface area contributed by atoms with Crippen molar-refractivity contribution < 1.29 is 23.0 Å². The molecule has 1 aromatic carbocycles. The van der Waals surface area contributed by atoms with E-state index in [1.807, 2.05) is 24.7 Å². The Hall–Kier alpha value is -3.89. The third-order valence-corrected chi connectivity index (χ3v) is 7.78. The number of rotatable bonds is 6. The lowest BCUT2D eigenvalue weighted by Gasteiger charge is -2.12. The minimum atomic E-state index is -4.05. The number of nitrogens with zero attached hydrogens (tertiary/aromatic N) is 4. The molecule has 180 valence electrons. The van der Waals surface area contributed by atoms with Crippen molar-refractivity contribution in [3.8, 4) is 22.9 Å². The molecule has 0 aliphatic heterocycles. The average molecular weight is 493 g/mol. The predicted octanol–water partition coefficient (Wildman–Crippen LogP) is 3.64. The molecule has 0 radical (unpaired) electrons. The number of aromatic nitrogens is 4. The van der Waals surface area contributed by atoms with Crippen LogP contribution in [0.25, 0.3) is 33.3 Å². The molecular weight excluding hydrogens is 468 g/mol. The normalized spacial score (nSPS) is 11.9. The van der Waals surface area contributed by atoms with Gasteiger partial charge in [-0.2, -0.15) is 0 Å². The summed E-state index contributed by atoms with van der Waals surface area (Å²) < 4.78 is 41.8. The minimum Gasteiger partial charge on any atom is -0.491 e. The van der Waals surface area contributed by atoms with Crippen molar-refractivity contribution in [1.29, 1.82) is 0 Å². The van der Waals surface area contributed by atoms with Gasteiger partial charge in [0.2, 0.25) is 0 Å². The van der Waals surface area contributed by atoms with Crippen LogP contribution in [-0.2, 0) is 23.7 Å². The van der Waals surface area contributed by atoms with Gasteiger partial charge in [0, 0.05) is 36.5 Å². The van der Waals surface area contributed by atoms with Gasteiger partial charge in [-0.05, 0) is 36.8 Å². The molecule has 0 spiro atoms. The van der Waals surface area contributed by atoms with E-state index in [2.05, 4.69) is 9.97 Å². The molecule has 0 amide bonds. The molecule has 0 fully saturated rings. The van der Waals surface area contributed by atoms with E-state index < -0.39 is 10.0 Å². The summed E-state index contributed by atoms with van der Waals surface area (Å²) in [7, 11) is 0.821. The van der Waals surface area contributed by atoms with E-state index >= 15 is 0 Å². The number of aryl methyl sites for hydroxylation is 2. The summed E-state index contributed by atoms with van der Waals surface area (Å²) in [5.74, 6) is 0.746. The van der Waals surface area contributed by atoms with E-state index in [-0.39, 0.29) is 23.0 Å². The molecule has 0 unspecified atom stereocenters. The third kappa shape index (κ3) is 3.53. The fraction of sp³-hybridized carbons (Fsp3) is 0.200. The molecular formula is C25H24N4O5S. The highest BCUT2D eigenvalue weighted by Gasteiger charge is 2.28. The van der Waals surface area contributed by atoms with E-state index in [0.717, 1.165) is 11.1 Å². The molecule has 10 heteroatoms. The van der Waals surface area contributed by atoms with Gasteiger partial charge in [-0.3, -0.25) is 0 Å². The maximum Gasteiger partial charge on any atom is 0.269 e. The Morgan fingerprint density at radius 3 is 2.46 bits per heavy atom. The van der Waals surface area contributed by atoms with Crippen LogP contribution in [0.3, 0.4) is 0 Å². The van der Waals surface area contributed by atoms with Crippen LogP contribution in [-0.4, -0.2) is 46.3 Å². The Labute approximate surface area is 202 Å². The Morgan fingerprint density at radius 2 is 1.80 bits per heavy atom. The summed E-state index contributed by atoms with van der Waals surface area (Å²) in [6, 6.07) is 11.8. The molecule has 0 atom stereocenters. The Balaban J connectivity index is 1.89. The van der Waals surface area contributed by atoms with Crippen molar-refractivity contribution in [2.24, 2.45) is 7.05 Å². The van der Waals surface area contributed by atoms with Crippen LogP contribution in [0, 0.1) is 6.92 Å². The second kappa shape index (κ2) is 8.40. The molecule has 4 aromatic heterocycles. The fourth-order valence-corrected chi connectivity index (χ4v) is 5.73. The van der Waals surface area contributed by atoms with Crippen molar-refractivity contribution in [2.75, 3.05) is 14.2 Å². The number of methoxy groups -OCH3 is 2. The molecule has 0 saturated carbocycles. The highest BCUT2D eigenvalue weighted by atomic mass is 32.2. The second-order valence-electron chi connectivity index (χ2n) is 8.20. The number of ether oxygens (including phenoxy) is 2. The number of benzene rings is 1. The zero-order valence-electron chi connectivity index (χ0n) is 19.7. The average Bonchev–Trinajstić information content (AvgIpc) is 3.41. The van der Waals surface area contributed by atoms with Crippen molar-refractivity contribution in [1.82, 2.24) is 18.5 Å². The smallest absolute Gasteiger partial charge is 0.269 e. The van der Waals surface area contributed by atoms with Crippen molar-refractivity contribution in [3.05, 3.63) is 66.0 Å². The first-order valence-corrected chi connectivity index (χ1v) is 12.2. The van der Waals surface area contributed by atoms with Gasteiger partial charge in [0.25, 0.3) is 15.9 Å². The largest absolute Gasteiger partial charge is 0.491 e. The number of hydrogen-bond donors (Lipinski definition) is 1. The summed E-state index contributed by atoms with van der Waals surface area (Å²) in [6.07, 6.45) is 3.30. The number of pyridine rings is 2. The molecule has 9 nitrogen and oxygen atoms in total. The van der Waals surface area contributed by atoms with Gasteiger partial charge >= 0.3 is 0 Å². The van der Waals surface area contributed by atoms with Crippen molar-refractivity contribution >= 4 is 32.1 Å². The van der Waals surface area contributed by atoms with E-state index in [1.165, 1.54) is 24.4 Å². The predicted molar refractivity (Wildman–Crippen MR) is 132 cm³/mol. The molecule has 35 heavy (non-hydrogen) atoms. The number of aliphatic hydroxyl groups is 1. The summed E-state index contributed by atoms with van der Waals surface area (Å²) in [6.45, 7) is 1.64. The van der Waals surface area contributed by atoms with Gasteiger partial charge in [0.1, 0.15) is 5.52 Å². The molecule has 1 N–H and O–H groups in total. The van der Waals surface area contributed by atoms with Crippen LogP contribution in [0.5, 0.6) is 11.6 Å². The van der Waals surface area contributed by atoms with Crippen LogP contribution in [0.2, 0.25) is 0 Å². The summed E-state index contributed by atoms with van der Waals surface area (Å²) in [5.41, 5.74) is 3.96. The molecule has 5 rings (SSSR count). The highest BCUT2D eigenvalue weighted by Crippen LogP contribution is 2.39. The molecule has 0 aliphatic carbocycles. The quantitative estimate of drug-likeness (QED) is 0.385. The maximum absolute atomic E-state index is 14.0. The number of aliphatic hydroxyl groups excluding tert-OH is 1. The molecule has 0 saturated heterocycles. The van der Waals surface area contributed by atoms with Gasteiger partial charge in [-0.15, -0.1) is 0 Å². The second-order valence-corrected chi connectivity index (χ2v) is 9.99. The zero-order valence-corrected chi connectivity index (χ0v) is 20.5. The first-order valence-electron chi connectivity index (χ1n) is 10.8. The molecule has 4 heterocycles. The van der Waals surface area contributed by atoms with Crippen LogP contribution < -0.4 is 9.47 Å². The third-order valence-electron chi connectivity index (χ3n) is 6.06. The first kappa shape index (κ1) is 22.9. The lowest BCUT2D eigenvalue weighted by atomic mass is 10.1. The lowest BCUT2D eigenvalue weighted by molar-refractivity contribution is 0.283. The van der Waals surface area contributed by atoms with E-state index in [9.17, 15) is 13.5 Å². The van der Waals surface area contributed by atoms with Crippen molar-refractivity contribution in [2.45, 2.75) is 18.4 Å². The molecule has 5 aromatic rings. The van der Waals surface area contributed by atoms with Crippen molar-refractivity contribution in [3.63, 3.8) is 0 Å². The van der Waals surface area contributed by atoms with Gasteiger partial charge in [0.15, 0.2) is 11.4 Å². The van der Waals surface area contributed by atoms with Gasteiger partial charge < -0.3 is 19.1 Å². The van der Waals surface area contributed by atoms with E-state index in [1.54, 1.807) is 42.5 Å². The zero-order chi connectivity index (χ0) is 24.9. The standard InChI is InChI=1S/C25H24N4O5S/c1-15-5-7-17(8-6-15)35(31,32)29-20(11-18-16(14-30)9-10-26-24(18)29)19-13-28(2)21-12-22(33-3)25(34-4)27-23(19)21/h5-13,30H,14H2,1-4H3. The highest BCUT2D eigenvalue weighted by molar-refractivity contribution is 7.90. The van der Waals surface area contributed by atoms with Gasteiger partial charge in [-0.1, -0.05) is 17.7 Å². The molecule has 0 aliphatic rings. The van der Waals surface area contributed by atoms with Crippen LogP contribution >= 0.6 is 0 Å². The topological polar surface area (TPSA) is 108 Å². The fourth-order valence-electron chi connectivity index (χ4n) is 4.25. The summed E-state index contributed by atoms with van der Waals surface area (Å²) >= 11 is 0.